The molecule has 1 aliphatic rings. The number of anilines is 3. The minimum atomic E-state index is -0.369. The van der Waals surface area contributed by atoms with Crippen LogP contribution in [0.4, 0.5) is 21.7 Å². The smallest absolute Gasteiger partial charge is 0.228 e. The molecule has 23 heavy (non-hydrogen) atoms. The van der Waals surface area contributed by atoms with E-state index in [2.05, 4.69) is 20.8 Å². The molecule has 0 atom stereocenters. The van der Waals surface area contributed by atoms with Crippen molar-refractivity contribution < 1.29 is 13.9 Å². The summed E-state index contributed by atoms with van der Waals surface area (Å²) in [5.41, 5.74) is 0.320. The average Bonchev–Trinajstić information content (AvgIpc) is 2.59. The van der Waals surface area contributed by atoms with Gasteiger partial charge >= 0.3 is 0 Å². The van der Waals surface area contributed by atoms with Crippen molar-refractivity contribution in [1.29, 1.82) is 0 Å². The van der Waals surface area contributed by atoms with Crippen molar-refractivity contribution in [2.75, 3.05) is 23.8 Å². The third kappa shape index (κ3) is 4.01. The molecule has 3 rings (SSSR count). The second kappa shape index (κ2) is 7.15. The van der Waals surface area contributed by atoms with Crippen LogP contribution in [-0.4, -0.2) is 29.3 Å². The van der Waals surface area contributed by atoms with E-state index in [1.807, 2.05) is 0 Å². The fourth-order valence-electron chi connectivity index (χ4n) is 2.35. The molecular formula is C16H17FN4O2. The van der Waals surface area contributed by atoms with Crippen LogP contribution < -0.4 is 10.6 Å². The van der Waals surface area contributed by atoms with Crippen LogP contribution >= 0.6 is 0 Å². The molecule has 1 aromatic heterocycles. The van der Waals surface area contributed by atoms with E-state index in [9.17, 15) is 9.18 Å². The second-order valence-electron chi connectivity index (χ2n) is 5.28. The molecule has 2 aromatic rings. The summed E-state index contributed by atoms with van der Waals surface area (Å²) in [5.74, 6) is 0.283. The molecular weight excluding hydrogens is 299 g/mol. The number of carbonyl (C=O) groups excluding carboxylic acids is 1. The van der Waals surface area contributed by atoms with Crippen molar-refractivity contribution in [2.24, 2.45) is 5.92 Å². The lowest BCUT2D eigenvalue weighted by Gasteiger charge is -2.20. The Hall–Kier alpha value is -2.54. The second-order valence-corrected chi connectivity index (χ2v) is 5.28. The Morgan fingerprint density at radius 2 is 1.78 bits per heavy atom. The Kier molecular flexibility index (Phi) is 4.77. The molecule has 2 N–H and O–H groups in total. The SMILES string of the molecule is O=C(Nc1ccc(Nc2ccccc2F)nn1)C1CCOCC1. The molecule has 0 bridgehead atoms. The van der Waals surface area contributed by atoms with Gasteiger partial charge in [0.15, 0.2) is 11.6 Å². The number of hydrogen-bond acceptors (Lipinski definition) is 5. The van der Waals surface area contributed by atoms with E-state index in [-0.39, 0.29) is 17.6 Å². The van der Waals surface area contributed by atoms with Gasteiger partial charge in [-0.3, -0.25) is 4.79 Å². The molecule has 1 fully saturated rings. The van der Waals surface area contributed by atoms with Gasteiger partial charge in [0.2, 0.25) is 5.91 Å². The Balaban J connectivity index is 1.60. The highest BCUT2D eigenvalue weighted by molar-refractivity contribution is 5.91. The Morgan fingerprint density at radius 3 is 2.48 bits per heavy atom. The normalized spacial score (nSPS) is 15.2. The fraction of sp³-hybridized carbons (Fsp3) is 0.312. The van der Waals surface area contributed by atoms with Crippen LogP contribution in [-0.2, 0) is 9.53 Å². The van der Waals surface area contributed by atoms with E-state index in [0.29, 0.717) is 43.4 Å². The number of carbonyl (C=O) groups is 1. The van der Waals surface area contributed by atoms with Crippen LogP contribution in [0.2, 0.25) is 0 Å². The van der Waals surface area contributed by atoms with Gasteiger partial charge in [-0.15, -0.1) is 10.2 Å². The average molecular weight is 316 g/mol. The van der Waals surface area contributed by atoms with Crippen LogP contribution in [0.15, 0.2) is 36.4 Å². The molecule has 120 valence electrons. The molecule has 0 unspecified atom stereocenters. The van der Waals surface area contributed by atoms with Gasteiger partial charge in [-0.05, 0) is 37.1 Å². The summed E-state index contributed by atoms with van der Waals surface area (Å²) >= 11 is 0. The summed E-state index contributed by atoms with van der Waals surface area (Å²) in [4.78, 5) is 12.1. The molecule has 1 aliphatic heterocycles. The summed E-state index contributed by atoms with van der Waals surface area (Å²) in [6, 6.07) is 9.57. The first-order valence-corrected chi connectivity index (χ1v) is 7.46. The number of nitrogens with one attached hydrogen (secondary N) is 2. The third-order valence-corrected chi connectivity index (χ3v) is 3.64. The number of nitrogens with zero attached hydrogens (tertiary/aromatic N) is 2. The minimum Gasteiger partial charge on any atom is -0.381 e. The monoisotopic (exact) mass is 316 g/mol. The van der Waals surface area contributed by atoms with E-state index < -0.39 is 0 Å². The zero-order chi connectivity index (χ0) is 16.1. The predicted molar refractivity (Wildman–Crippen MR) is 83.9 cm³/mol. The first-order chi connectivity index (χ1) is 11.2. The standard InChI is InChI=1S/C16H17FN4O2/c17-12-3-1-2-4-13(12)18-14-5-6-15(21-20-14)19-16(22)11-7-9-23-10-8-11/h1-6,11H,7-10H2,(H,18,20)(H,19,21,22). The molecule has 0 saturated carbocycles. The van der Waals surface area contributed by atoms with Gasteiger partial charge in [0.05, 0.1) is 5.69 Å². The zero-order valence-electron chi connectivity index (χ0n) is 12.5. The maximum Gasteiger partial charge on any atom is 0.228 e. The molecule has 1 saturated heterocycles. The van der Waals surface area contributed by atoms with Gasteiger partial charge in [0.25, 0.3) is 0 Å². The van der Waals surface area contributed by atoms with Gasteiger partial charge in [-0.1, -0.05) is 12.1 Å². The zero-order valence-corrected chi connectivity index (χ0v) is 12.5. The number of ether oxygens (including phenoxy) is 1. The molecule has 0 aliphatic carbocycles. The van der Waals surface area contributed by atoms with Crippen LogP contribution in [0.25, 0.3) is 0 Å². The lowest BCUT2D eigenvalue weighted by Crippen LogP contribution is -2.28. The molecule has 1 amide bonds. The van der Waals surface area contributed by atoms with Crippen LogP contribution in [0.1, 0.15) is 12.8 Å². The topological polar surface area (TPSA) is 76.1 Å². The van der Waals surface area contributed by atoms with Gasteiger partial charge in [-0.2, -0.15) is 0 Å². The van der Waals surface area contributed by atoms with Crippen LogP contribution in [0.3, 0.4) is 0 Å². The summed E-state index contributed by atoms with van der Waals surface area (Å²) in [6.07, 6.45) is 1.43. The summed E-state index contributed by atoms with van der Waals surface area (Å²) in [6.45, 7) is 1.21. The Labute approximate surface area is 133 Å². The molecule has 0 radical (unpaired) electrons. The third-order valence-electron chi connectivity index (χ3n) is 3.64. The number of para-hydroxylation sites is 1. The quantitative estimate of drug-likeness (QED) is 0.907. The van der Waals surface area contributed by atoms with Gasteiger partial charge in [0.1, 0.15) is 5.82 Å². The van der Waals surface area contributed by atoms with E-state index >= 15 is 0 Å². The number of amides is 1. The number of aromatic nitrogens is 2. The molecule has 0 spiro atoms. The van der Waals surface area contributed by atoms with E-state index in [0.717, 1.165) is 0 Å². The molecule has 2 heterocycles. The van der Waals surface area contributed by atoms with E-state index in [1.165, 1.54) is 6.07 Å². The Bertz CT molecular complexity index is 672. The highest BCUT2D eigenvalue weighted by atomic mass is 19.1. The highest BCUT2D eigenvalue weighted by Crippen LogP contribution is 2.19. The summed E-state index contributed by atoms with van der Waals surface area (Å²) in [7, 11) is 0. The largest absolute Gasteiger partial charge is 0.381 e. The van der Waals surface area contributed by atoms with Crippen molar-refractivity contribution in [3.63, 3.8) is 0 Å². The van der Waals surface area contributed by atoms with Crippen molar-refractivity contribution in [3.05, 3.63) is 42.2 Å². The van der Waals surface area contributed by atoms with Crippen molar-refractivity contribution in [2.45, 2.75) is 12.8 Å². The first-order valence-electron chi connectivity index (χ1n) is 7.46. The van der Waals surface area contributed by atoms with Gasteiger partial charge < -0.3 is 15.4 Å². The lowest BCUT2D eigenvalue weighted by molar-refractivity contribution is -0.122. The molecule has 6 nitrogen and oxygen atoms in total. The van der Waals surface area contributed by atoms with Crippen LogP contribution in [0, 0.1) is 11.7 Å². The fourth-order valence-corrected chi connectivity index (χ4v) is 2.35. The van der Waals surface area contributed by atoms with Crippen molar-refractivity contribution >= 4 is 23.2 Å². The lowest BCUT2D eigenvalue weighted by atomic mass is 9.99. The van der Waals surface area contributed by atoms with Gasteiger partial charge in [-0.25, -0.2) is 4.39 Å². The summed E-state index contributed by atoms with van der Waals surface area (Å²) < 4.78 is 18.8. The van der Waals surface area contributed by atoms with Crippen molar-refractivity contribution in [1.82, 2.24) is 10.2 Å². The first kappa shape index (κ1) is 15.4. The van der Waals surface area contributed by atoms with E-state index in [4.69, 9.17) is 4.74 Å². The summed E-state index contributed by atoms with van der Waals surface area (Å²) in [5, 5.41) is 13.5. The number of halogens is 1. The van der Waals surface area contributed by atoms with Gasteiger partial charge in [0, 0.05) is 19.1 Å². The number of hydrogen-bond donors (Lipinski definition) is 2. The Morgan fingerprint density at radius 1 is 1.09 bits per heavy atom. The van der Waals surface area contributed by atoms with Crippen LogP contribution in [0.5, 0.6) is 0 Å². The predicted octanol–water partition coefficient (Wildman–Crippen LogP) is 2.72. The van der Waals surface area contributed by atoms with Crippen molar-refractivity contribution in [3.8, 4) is 0 Å². The molecule has 7 heteroatoms. The maximum absolute atomic E-state index is 13.6. The highest BCUT2D eigenvalue weighted by Gasteiger charge is 2.21. The van der Waals surface area contributed by atoms with E-state index in [1.54, 1.807) is 30.3 Å². The number of benzene rings is 1. The molecule has 1 aromatic carbocycles. The maximum atomic E-state index is 13.6. The minimum absolute atomic E-state index is 0.0539. The number of rotatable bonds is 4.